The van der Waals surface area contributed by atoms with E-state index in [0.29, 0.717) is 0 Å². The molecule has 0 aliphatic carbocycles. The summed E-state index contributed by atoms with van der Waals surface area (Å²) in [6.07, 6.45) is 0. The topological polar surface area (TPSA) is 142 Å². The molecule has 9 heteroatoms. The molecule has 0 bridgehead atoms. The first kappa shape index (κ1) is 123. The molecule has 50 valence electrons. The molecule has 0 aliphatic rings. The van der Waals surface area contributed by atoms with Crippen LogP contribution in [0.3, 0.4) is 0 Å². The summed E-state index contributed by atoms with van der Waals surface area (Å²) in [5.41, 5.74) is 0. The second kappa shape index (κ2) is 95.3. The Bertz CT molecular complexity index is 12.9. The number of rotatable bonds is 0. The zero-order valence-corrected chi connectivity index (χ0v) is 13.3. The van der Waals surface area contributed by atoms with Crippen molar-refractivity contribution in [3.05, 3.63) is 0 Å². The second-order valence-electron chi connectivity index (χ2n) is 0. The molecule has 5 nitrogen and oxygen atoms in total. The smallest absolute Gasteiger partial charge is 2.00 e. The molecular weight excluding hydrogens is 367 g/mol. The van der Waals surface area contributed by atoms with Gasteiger partial charge >= 0.3 is 125 Å². The number of hydrogen-bond donors (Lipinski definition) is 0. The Balaban J connectivity index is 0. The summed E-state index contributed by atoms with van der Waals surface area (Å²) >= 11 is 0. The molecule has 0 heterocycles. The largest absolute Gasteiger partial charge is 3.00 e. The molecule has 0 rings (SSSR count). The maximum atomic E-state index is 0. The molecule has 0 aromatic rings. The predicted octanol–water partition coefficient (Wildman–Crippen LogP) is -1.36. The average Bonchev–Trinajstić information content (AvgIpc) is 0. The third-order valence-corrected chi connectivity index (χ3v) is 0. The summed E-state index contributed by atoms with van der Waals surface area (Å²) in [5, 5.41) is 0. The Morgan fingerprint density at radius 1 is 0.333 bits per heavy atom. The van der Waals surface area contributed by atoms with Crippen molar-refractivity contribution in [2.24, 2.45) is 0 Å². The minimum Gasteiger partial charge on any atom is -2.00 e. The van der Waals surface area contributed by atoms with Gasteiger partial charge in [-0.1, -0.05) is 0 Å². The first-order valence-corrected chi connectivity index (χ1v) is 0. The summed E-state index contributed by atoms with van der Waals surface area (Å²) in [6, 6.07) is 0. The fourth-order valence-corrected chi connectivity index (χ4v) is 0. The monoisotopic (exact) mass is 368 g/mol. The zero-order valence-electron chi connectivity index (χ0n) is 4.16. The van der Waals surface area contributed by atoms with Crippen molar-refractivity contribution in [2.45, 2.75) is 0 Å². The average molecular weight is 367 g/mol. The maximum absolute atomic E-state index is 0. The Hall–Kier alpha value is 3.80. The standard InChI is InChI=1S/2Fe.5O.2Sr/q2*+3;5*-2;2*+2. The van der Waals surface area contributed by atoms with Crippen molar-refractivity contribution in [3.8, 4) is 0 Å². The van der Waals surface area contributed by atoms with Gasteiger partial charge in [0.25, 0.3) is 0 Å². The van der Waals surface area contributed by atoms with Crippen LogP contribution in [-0.4, -0.2) is 91.0 Å². The second-order valence-corrected chi connectivity index (χ2v) is 0. The maximum Gasteiger partial charge on any atom is 3.00 e. The molecule has 0 unspecified atom stereocenters. The molecule has 0 atom stereocenters. The van der Waals surface area contributed by atoms with Gasteiger partial charge in [-0.15, -0.1) is 0 Å². The molecule has 0 amide bonds. The Kier molecular flexibility index (Phi) is 1310. The summed E-state index contributed by atoms with van der Waals surface area (Å²) in [6.45, 7) is 0. The van der Waals surface area contributed by atoms with Crippen molar-refractivity contribution in [1.82, 2.24) is 0 Å². The minimum absolute atomic E-state index is 0. The van der Waals surface area contributed by atoms with E-state index in [-0.39, 0.29) is 152 Å². The fraction of sp³-hybridized carbons (Fsp3) is 0. The molecule has 0 aromatic heterocycles. The molecule has 0 fully saturated rings. The van der Waals surface area contributed by atoms with Gasteiger partial charge in [-0.05, 0) is 0 Å². The van der Waals surface area contributed by atoms with Crippen LogP contribution in [0.2, 0.25) is 0 Å². The van der Waals surface area contributed by atoms with E-state index in [1.807, 2.05) is 0 Å². The van der Waals surface area contributed by atoms with E-state index in [4.69, 9.17) is 0 Å². The molecule has 0 saturated carbocycles. The predicted molar refractivity (Wildman–Crippen MR) is 14.9 cm³/mol. The van der Waals surface area contributed by atoms with Crippen molar-refractivity contribution < 1.29 is 61.5 Å². The molecule has 0 spiro atoms. The molecule has 0 aromatic carbocycles. The van der Waals surface area contributed by atoms with Crippen LogP contribution in [0.25, 0.3) is 0 Å². The van der Waals surface area contributed by atoms with Crippen LogP contribution in [0.4, 0.5) is 0 Å². The van der Waals surface area contributed by atoms with Crippen molar-refractivity contribution in [2.75, 3.05) is 0 Å². The Morgan fingerprint density at radius 3 is 0.333 bits per heavy atom. The van der Waals surface area contributed by atoms with Gasteiger partial charge < -0.3 is 27.4 Å². The van der Waals surface area contributed by atoms with Crippen LogP contribution in [-0.2, 0) is 61.5 Å². The van der Waals surface area contributed by atoms with Gasteiger partial charge in [0, 0.05) is 0 Å². The van der Waals surface area contributed by atoms with E-state index < -0.39 is 0 Å². The van der Waals surface area contributed by atoms with Gasteiger partial charge in [-0.2, -0.15) is 0 Å². The molecule has 0 N–H and O–H groups in total. The molecule has 9 heavy (non-hydrogen) atoms. The normalized spacial score (nSPS) is 0. The van der Waals surface area contributed by atoms with Crippen LogP contribution in [0, 0.1) is 0 Å². The summed E-state index contributed by atoms with van der Waals surface area (Å²) in [4.78, 5) is 0. The summed E-state index contributed by atoms with van der Waals surface area (Å²) in [7, 11) is 0. The van der Waals surface area contributed by atoms with Crippen molar-refractivity contribution >= 4 is 91.0 Å². The van der Waals surface area contributed by atoms with Gasteiger partial charge in [-0.25, -0.2) is 0 Å². The van der Waals surface area contributed by atoms with Gasteiger partial charge in [0.1, 0.15) is 0 Å². The van der Waals surface area contributed by atoms with Crippen LogP contribution < -0.4 is 0 Å². The molecule has 0 saturated heterocycles. The third-order valence-electron chi connectivity index (χ3n) is 0. The van der Waals surface area contributed by atoms with Crippen molar-refractivity contribution in [3.63, 3.8) is 0 Å². The van der Waals surface area contributed by atoms with E-state index in [1.54, 1.807) is 0 Å². The van der Waals surface area contributed by atoms with E-state index in [2.05, 4.69) is 0 Å². The Morgan fingerprint density at radius 2 is 0.333 bits per heavy atom. The quantitative estimate of drug-likeness (QED) is 0.466. The first-order chi connectivity index (χ1) is 0. The zero-order chi connectivity index (χ0) is 0. The van der Waals surface area contributed by atoms with Gasteiger partial charge in [0.15, 0.2) is 0 Å². The fourth-order valence-electron chi connectivity index (χ4n) is 0. The third kappa shape index (κ3) is 78.5. The van der Waals surface area contributed by atoms with E-state index >= 15 is 0 Å². The van der Waals surface area contributed by atoms with Crippen LogP contribution in [0.15, 0.2) is 0 Å². The summed E-state index contributed by atoms with van der Waals surface area (Å²) < 4.78 is 0. The molecule has 2 radical (unpaired) electrons. The number of hydrogen-bond acceptors (Lipinski definition) is 0. The van der Waals surface area contributed by atoms with Gasteiger partial charge in [0.05, 0.1) is 0 Å². The van der Waals surface area contributed by atoms with Crippen LogP contribution >= 0.6 is 0 Å². The Labute approximate surface area is 149 Å². The van der Waals surface area contributed by atoms with E-state index in [0.717, 1.165) is 0 Å². The molecule has 0 aliphatic heterocycles. The molecular formula is Fe2O5Sr2. The summed E-state index contributed by atoms with van der Waals surface area (Å²) in [5.74, 6) is 0. The van der Waals surface area contributed by atoms with Crippen molar-refractivity contribution in [1.29, 1.82) is 0 Å². The van der Waals surface area contributed by atoms with E-state index in [9.17, 15) is 0 Å². The van der Waals surface area contributed by atoms with Crippen LogP contribution in [0.5, 0.6) is 0 Å². The van der Waals surface area contributed by atoms with Crippen LogP contribution in [0.1, 0.15) is 0 Å². The van der Waals surface area contributed by atoms with Gasteiger partial charge in [0.2, 0.25) is 0 Å². The van der Waals surface area contributed by atoms with E-state index in [1.165, 1.54) is 0 Å². The first-order valence-electron chi connectivity index (χ1n) is 0. The minimum atomic E-state index is 0. The SMILES string of the molecule is [Fe+3].[Fe+3].[O-2].[O-2].[O-2].[O-2].[O-2].[Sr+2].[Sr+2]. The van der Waals surface area contributed by atoms with Gasteiger partial charge in [-0.3, -0.25) is 0 Å².